The number of hydrogen-bond donors (Lipinski definition) is 1. The molecule has 0 aliphatic rings. The molecule has 358 valence electrons. The number of ether oxygens (including phenoxy) is 2. The third kappa shape index (κ3) is 50.4. The summed E-state index contributed by atoms with van der Waals surface area (Å²) in [5.41, 5.74) is 0. The number of esters is 2. The lowest BCUT2D eigenvalue weighted by molar-refractivity contribution is -0.161. The first-order valence-electron chi connectivity index (χ1n) is 25.4. The maximum absolute atomic E-state index is 12.2. The van der Waals surface area contributed by atoms with E-state index in [1.54, 1.807) is 0 Å². The molecule has 0 aliphatic carbocycles. The predicted molar refractivity (Wildman–Crippen MR) is 278 cm³/mol. The second-order valence-electron chi connectivity index (χ2n) is 16.1. The lowest BCUT2D eigenvalue weighted by atomic mass is 10.1. The molecule has 0 aromatic rings. The first-order chi connectivity index (χ1) is 31.6. The highest BCUT2D eigenvalue weighted by atomic mass is 16.6. The van der Waals surface area contributed by atoms with E-state index in [0.29, 0.717) is 12.8 Å². The Hall–Kier alpha value is -4.22. The van der Waals surface area contributed by atoms with Crippen molar-refractivity contribution in [3.63, 3.8) is 0 Å². The maximum Gasteiger partial charge on any atom is 0.306 e. The number of carbonyl (C=O) groups excluding carboxylic acids is 2. The van der Waals surface area contributed by atoms with Gasteiger partial charge in [0.25, 0.3) is 0 Å². The molecular formula is C59H92O5. The maximum atomic E-state index is 12.2. The van der Waals surface area contributed by atoms with Gasteiger partial charge in [-0.15, -0.1) is 0 Å². The second-order valence-corrected chi connectivity index (χ2v) is 16.1. The molecule has 0 fully saturated rings. The molecule has 0 heterocycles. The monoisotopic (exact) mass is 881 g/mol. The van der Waals surface area contributed by atoms with E-state index in [9.17, 15) is 14.7 Å². The van der Waals surface area contributed by atoms with Crippen LogP contribution in [0, 0.1) is 0 Å². The van der Waals surface area contributed by atoms with Crippen molar-refractivity contribution in [1.29, 1.82) is 0 Å². The molecule has 0 aromatic carbocycles. The van der Waals surface area contributed by atoms with Gasteiger partial charge >= 0.3 is 11.9 Å². The molecule has 1 N–H and O–H groups in total. The van der Waals surface area contributed by atoms with Gasteiger partial charge in [0.2, 0.25) is 0 Å². The average Bonchev–Trinajstić information content (AvgIpc) is 3.30. The third-order valence-corrected chi connectivity index (χ3v) is 10.1. The van der Waals surface area contributed by atoms with Gasteiger partial charge in [-0.2, -0.15) is 0 Å². The van der Waals surface area contributed by atoms with Gasteiger partial charge in [0.15, 0.2) is 6.10 Å². The molecule has 0 saturated heterocycles. The number of hydrogen-bond acceptors (Lipinski definition) is 5. The molecule has 1 atom stereocenters. The van der Waals surface area contributed by atoms with Crippen LogP contribution in [0.15, 0.2) is 146 Å². The van der Waals surface area contributed by atoms with E-state index in [1.807, 2.05) is 0 Å². The standard InChI is InChI=1S/C59H92O5/c1-3-5-7-9-11-13-15-17-18-19-20-21-22-23-24-25-26-27-28-29-30-31-32-33-34-35-36-37-38-39-40-42-44-46-48-50-52-54-59(62)64-57(55-60)56-63-58(61)53-51-49-47-45-43-41-16-14-12-10-8-6-4-2/h5-8,11-14,17-18,20-21,23-24,26-27,29-30,32-33,35-36,41,43,57,60H,3-4,9-10,15-16,19,22,25,28,31,34,37-40,42,44-56H2,1-2H3/b7-5-,8-6-,13-11-,14-12-,18-17-,21-20-,24-23-,27-26-,30-29-,33-32-,36-35-,43-41-. The highest BCUT2D eigenvalue weighted by molar-refractivity contribution is 5.70. The minimum absolute atomic E-state index is 0.0923. The van der Waals surface area contributed by atoms with Gasteiger partial charge in [0.1, 0.15) is 6.61 Å². The zero-order valence-corrected chi connectivity index (χ0v) is 40.7. The van der Waals surface area contributed by atoms with Crippen molar-refractivity contribution in [3.8, 4) is 0 Å². The zero-order chi connectivity index (χ0) is 46.3. The second kappa shape index (κ2) is 53.1. The Morgan fingerprint density at radius 1 is 0.359 bits per heavy atom. The summed E-state index contributed by atoms with van der Waals surface area (Å²) in [4.78, 5) is 24.4. The fourth-order valence-corrected chi connectivity index (χ4v) is 6.38. The van der Waals surface area contributed by atoms with Crippen molar-refractivity contribution in [3.05, 3.63) is 146 Å². The van der Waals surface area contributed by atoms with Crippen LogP contribution in [0.2, 0.25) is 0 Å². The van der Waals surface area contributed by atoms with Crippen LogP contribution in [0.4, 0.5) is 0 Å². The Bertz CT molecular complexity index is 1410. The van der Waals surface area contributed by atoms with Crippen molar-refractivity contribution >= 4 is 11.9 Å². The summed E-state index contributed by atoms with van der Waals surface area (Å²) < 4.78 is 10.6. The first-order valence-corrected chi connectivity index (χ1v) is 25.4. The van der Waals surface area contributed by atoms with Crippen molar-refractivity contribution in [1.82, 2.24) is 0 Å². The van der Waals surface area contributed by atoms with Crippen LogP contribution in [0.25, 0.3) is 0 Å². The van der Waals surface area contributed by atoms with Crippen LogP contribution in [0.1, 0.15) is 194 Å². The molecule has 64 heavy (non-hydrogen) atoms. The van der Waals surface area contributed by atoms with Gasteiger partial charge in [-0.3, -0.25) is 9.59 Å². The normalized spacial score (nSPS) is 13.5. The van der Waals surface area contributed by atoms with Crippen LogP contribution in [-0.4, -0.2) is 36.4 Å². The summed E-state index contributed by atoms with van der Waals surface area (Å²) in [7, 11) is 0. The fourth-order valence-electron chi connectivity index (χ4n) is 6.38. The lowest BCUT2D eigenvalue weighted by Gasteiger charge is -2.15. The predicted octanol–water partition coefficient (Wildman–Crippen LogP) is 17.1. The molecule has 0 spiro atoms. The Labute approximate surface area is 393 Å². The summed E-state index contributed by atoms with van der Waals surface area (Å²) in [6, 6.07) is 0. The van der Waals surface area contributed by atoms with E-state index in [4.69, 9.17) is 9.47 Å². The van der Waals surface area contributed by atoms with Crippen LogP contribution >= 0.6 is 0 Å². The van der Waals surface area contributed by atoms with Crippen LogP contribution < -0.4 is 0 Å². The van der Waals surface area contributed by atoms with E-state index in [-0.39, 0.29) is 25.2 Å². The molecule has 1 unspecified atom stereocenters. The number of carbonyl (C=O) groups is 2. The Morgan fingerprint density at radius 3 is 0.953 bits per heavy atom. The Morgan fingerprint density at radius 2 is 0.625 bits per heavy atom. The topological polar surface area (TPSA) is 72.8 Å². The lowest BCUT2D eigenvalue weighted by Crippen LogP contribution is -2.28. The fraction of sp³-hybridized carbons (Fsp3) is 0.559. The highest BCUT2D eigenvalue weighted by Crippen LogP contribution is 2.13. The van der Waals surface area contributed by atoms with Crippen LogP contribution in [0.5, 0.6) is 0 Å². The van der Waals surface area contributed by atoms with E-state index >= 15 is 0 Å². The van der Waals surface area contributed by atoms with E-state index in [0.717, 1.165) is 128 Å². The smallest absolute Gasteiger partial charge is 0.306 e. The largest absolute Gasteiger partial charge is 0.462 e. The average molecular weight is 881 g/mol. The molecule has 5 nitrogen and oxygen atoms in total. The molecule has 0 amide bonds. The number of aliphatic hydroxyl groups is 1. The number of rotatable bonds is 44. The summed E-state index contributed by atoms with van der Waals surface area (Å²) in [6.07, 6.45) is 80.9. The van der Waals surface area contributed by atoms with Crippen molar-refractivity contribution in [2.45, 2.75) is 200 Å². The van der Waals surface area contributed by atoms with Gasteiger partial charge in [0.05, 0.1) is 6.61 Å². The molecule has 5 heteroatoms. The summed E-state index contributed by atoms with van der Waals surface area (Å²) in [5.74, 6) is -0.645. The highest BCUT2D eigenvalue weighted by Gasteiger charge is 2.16. The number of unbranched alkanes of at least 4 members (excludes halogenated alkanes) is 12. The van der Waals surface area contributed by atoms with Gasteiger partial charge in [0, 0.05) is 12.8 Å². The number of aliphatic hydroxyl groups excluding tert-OH is 1. The molecular weight excluding hydrogens is 789 g/mol. The molecule has 0 saturated carbocycles. The van der Waals surface area contributed by atoms with Crippen molar-refractivity contribution in [2.24, 2.45) is 0 Å². The van der Waals surface area contributed by atoms with E-state index < -0.39 is 6.10 Å². The van der Waals surface area contributed by atoms with E-state index in [1.165, 1.54) is 38.5 Å². The third-order valence-electron chi connectivity index (χ3n) is 10.1. The minimum Gasteiger partial charge on any atom is -0.462 e. The first kappa shape index (κ1) is 59.8. The van der Waals surface area contributed by atoms with Gasteiger partial charge in [-0.25, -0.2) is 0 Å². The molecule has 0 radical (unpaired) electrons. The molecule has 0 aromatic heterocycles. The summed E-state index contributed by atoms with van der Waals surface area (Å²) in [6.45, 7) is 3.86. The van der Waals surface area contributed by atoms with E-state index in [2.05, 4.69) is 160 Å². The van der Waals surface area contributed by atoms with Gasteiger partial charge < -0.3 is 14.6 Å². The van der Waals surface area contributed by atoms with Crippen molar-refractivity contribution < 1.29 is 24.2 Å². The van der Waals surface area contributed by atoms with Crippen LogP contribution in [0.3, 0.4) is 0 Å². The molecule has 0 bridgehead atoms. The SMILES string of the molecule is CC/C=C\C/C=C\C/C=C\C/C=C\C/C=C\C/C=C\C/C=C\C/C=C\C/C=C\CCCCCCCCCCCC(=O)OC(CO)COC(=O)CCCCC/C=C\C/C=C\C/C=C\CC. The molecule has 0 rings (SSSR count). The molecule has 0 aliphatic heterocycles. The Balaban J connectivity index is 3.62. The van der Waals surface area contributed by atoms with Crippen molar-refractivity contribution in [2.75, 3.05) is 13.2 Å². The van der Waals surface area contributed by atoms with Gasteiger partial charge in [-0.05, 0) is 116 Å². The number of allylic oxidation sites excluding steroid dienone is 24. The van der Waals surface area contributed by atoms with Crippen LogP contribution in [-0.2, 0) is 19.1 Å². The summed E-state index contributed by atoms with van der Waals surface area (Å²) >= 11 is 0. The van der Waals surface area contributed by atoms with Gasteiger partial charge in [-0.1, -0.05) is 211 Å². The Kier molecular flexibility index (Phi) is 49.6. The minimum atomic E-state index is -0.797. The quantitative estimate of drug-likeness (QED) is 0.0375. The summed E-state index contributed by atoms with van der Waals surface area (Å²) in [5, 5.41) is 9.60. The zero-order valence-electron chi connectivity index (χ0n) is 40.7.